The Labute approximate surface area is 122 Å². The van der Waals surface area contributed by atoms with Gasteiger partial charge in [-0.3, -0.25) is 4.90 Å². The third kappa shape index (κ3) is 3.64. The van der Waals surface area contributed by atoms with Crippen molar-refractivity contribution in [2.75, 3.05) is 41.4 Å². The van der Waals surface area contributed by atoms with Gasteiger partial charge in [0.05, 0.1) is 14.2 Å². The van der Waals surface area contributed by atoms with Crippen molar-refractivity contribution in [3.63, 3.8) is 0 Å². The van der Waals surface area contributed by atoms with Crippen LogP contribution < -0.4 is 9.47 Å². The standard InChI is InChI=1S/C16H26N2O2/c1-17-9-7-14(8-10-17)18(2)12-13-11-15(19-3)5-6-16(13)20-4/h5-6,11,14H,7-10,12H2,1-4H3. The molecule has 1 aromatic rings. The van der Waals surface area contributed by atoms with E-state index in [2.05, 4.69) is 30.0 Å². The van der Waals surface area contributed by atoms with Crippen LogP contribution in [0.3, 0.4) is 0 Å². The number of hydrogen-bond acceptors (Lipinski definition) is 4. The number of benzene rings is 1. The molecule has 0 aromatic heterocycles. The van der Waals surface area contributed by atoms with Gasteiger partial charge in [0.15, 0.2) is 0 Å². The average Bonchev–Trinajstić information content (AvgIpc) is 2.47. The Morgan fingerprint density at radius 1 is 1.20 bits per heavy atom. The van der Waals surface area contributed by atoms with Gasteiger partial charge in [0, 0.05) is 18.2 Å². The highest BCUT2D eigenvalue weighted by molar-refractivity contribution is 5.40. The minimum absolute atomic E-state index is 0.655. The molecule has 0 unspecified atom stereocenters. The SMILES string of the molecule is COc1ccc(OC)c(CN(C)C2CCN(C)CC2)c1. The molecule has 0 atom stereocenters. The zero-order valence-electron chi connectivity index (χ0n) is 13.1. The minimum Gasteiger partial charge on any atom is -0.497 e. The average molecular weight is 278 g/mol. The lowest BCUT2D eigenvalue weighted by atomic mass is 10.0. The number of methoxy groups -OCH3 is 2. The first-order valence-electron chi connectivity index (χ1n) is 7.23. The maximum absolute atomic E-state index is 5.46. The number of likely N-dealkylation sites (tertiary alicyclic amines) is 1. The second kappa shape index (κ2) is 6.95. The molecule has 2 rings (SSSR count). The summed E-state index contributed by atoms with van der Waals surface area (Å²) in [5, 5.41) is 0. The summed E-state index contributed by atoms with van der Waals surface area (Å²) in [7, 11) is 7.82. The van der Waals surface area contributed by atoms with Crippen LogP contribution in [0.4, 0.5) is 0 Å². The molecule has 112 valence electrons. The molecule has 1 heterocycles. The Kier molecular flexibility index (Phi) is 5.26. The summed E-state index contributed by atoms with van der Waals surface area (Å²) in [5.74, 6) is 1.82. The Hall–Kier alpha value is -1.26. The minimum atomic E-state index is 0.655. The van der Waals surface area contributed by atoms with Crippen LogP contribution in [0.2, 0.25) is 0 Å². The summed E-state index contributed by atoms with van der Waals surface area (Å²) >= 11 is 0. The van der Waals surface area contributed by atoms with Crippen LogP contribution in [0.1, 0.15) is 18.4 Å². The summed E-state index contributed by atoms with van der Waals surface area (Å²) in [6.45, 7) is 3.27. The molecule has 1 aliphatic heterocycles. The van der Waals surface area contributed by atoms with Crippen molar-refractivity contribution < 1.29 is 9.47 Å². The third-order valence-electron chi connectivity index (χ3n) is 4.22. The molecule has 1 saturated heterocycles. The van der Waals surface area contributed by atoms with Gasteiger partial charge in [0.1, 0.15) is 11.5 Å². The van der Waals surface area contributed by atoms with Crippen LogP contribution in [0.25, 0.3) is 0 Å². The number of hydrogen-bond donors (Lipinski definition) is 0. The molecule has 0 N–H and O–H groups in total. The van der Waals surface area contributed by atoms with Gasteiger partial charge in [0.2, 0.25) is 0 Å². The van der Waals surface area contributed by atoms with Crippen LogP contribution in [0, 0.1) is 0 Å². The van der Waals surface area contributed by atoms with Gasteiger partial charge in [0.25, 0.3) is 0 Å². The first-order valence-corrected chi connectivity index (χ1v) is 7.23. The highest BCUT2D eigenvalue weighted by atomic mass is 16.5. The third-order valence-corrected chi connectivity index (χ3v) is 4.22. The second-order valence-corrected chi connectivity index (χ2v) is 5.63. The van der Waals surface area contributed by atoms with E-state index < -0.39 is 0 Å². The fourth-order valence-electron chi connectivity index (χ4n) is 2.84. The van der Waals surface area contributed by atoms with Crippen LogP contribution in [-0.4, -0.2) is 57.2 Å². The van der Waals surface area contributed by atoms with Crippen molar-refractivity contribution in [1.82, 2.24) is 9.80 Å². The topological polar surface area (TPSA) is 24.9 Å². The number of rotatable bonds is 5. The Morgan fingerprint density at radius 2 is 1.90 bits per heavy atom. The zero-order chi connectivity index (χ0) is 14.5. The Bertz CT molecular complexity index is 428. The van der Waals surface area contributed by atoms with Crippen LogP contribution in [-0.2, 0) is 6.54 Å². The fourth-order valence-corrected chi connectivity index (χ4v) is 2.84. The van der Waals surface area contributed by atoms with Crippen molar-refractivity contribution in [2.24, 2.45) is 0 Å². The van der Waals surface area contributed by atoms with E-state index >= 15 is 0 Å². The lowest BCUT2D eigenvalue weighted by Crippen LogP contribution is -2.41. The monoisotopic (exact) mass is 278 g/mol. The Balaban J connectivity index is 2.04. The maximum Gasteiger partial charge on any atom is 0.123 e. The number of ether oxygens (including phenoxy) is 2. The van der Waals surface area contributed by atoms with Crippen LogP contribution >= 0.6 is 0 Å². The molecular weight excluding hydrogens is 252 g/mol. The van der Waals surface area contributed by atoms with Gasteiger partial charge in [-0.2, -0.15) is 0 Å². The normalized spacial score (nSPS) is 17.4. The largest absolute Gasteiger partial charge is 0.497 e. The van der Waals surface area contributed by atoms with Gasteiger partial charge in [-0.1, -0.05) is 0 Å². The fraction of sp³-hybridized carbons (Fsp3) is 0.625. The second-order valence-electron chi connectivity index (χ2n) is 5.63. The number of nitrogens with zero attached hydrogens (tertiary/aromatic N) is 2. The van der Waals surface area contributed by atoms with Gasteiger partial charge >= 0.3 is 0 Å². The van der Waals surface area contributed by atoms with Gasteiger partial charge in [-0.15, -0.1) is 0 Å². The molecule has 0 bridgehead atoms. The first-order chi connectivity index (χ1) is 9.63. The molecule has 0 saturated carbocycles. The summed E-state index contributed by atoms with van der Waals surface area (Å²) in [6.07, 6.45) is 2.47. The number of piperidine rings is 1. The smallest absolute Gasteiger partial charge is 0.123 e. The summed E-state index contributed by atoms with van der Waals surface area (Å²) < 4.78 is 10.8. The van der Waals surface area contributed by atoms with Crippen LogP contribution in [0.15, 0.2) is 18.2 Å². The van der Waals surface area contributed by atoms with Crippen molar-refractivity contribution in [3.05, 3.63) is 23.8 Å². The van der Waals surface area contributed by atoms with E-state index in [9.17, 15) is 0 Å². The molecule has 4 nitrogen and oxygen atoms in total. The summed E-state index contributed by atoms with van der Waals surface area (Å²) in [6, 6.07) is 6.65. The molecule has 0 amide bonds. The van der Waals surface area contributed by atoms with E-state index in [1.807, 2.05) is 12.1 Å². The van der Waals surface area contributed by atoms with Crippen molar-refractivity contribution in [1.29, 1.82) is 0 Å². The molecule has 0 aliphatic carbocycles. The van der Waals surface area contributed by atoms with E-state index in [-0.39, 0.29) is 0 Å². The summed E-state index contributed by atoms with van der Waals surface area (Å²) in [4.78, 5) is 4.83. The lowest BCUT2D eigenvalue weighted by molar-refractivity contribution is 0.138. The lowest BCUT2D eigenvalue weighted by Gasteiger charge is -2.35. The molecule has 1 fully saturated rings. The molecule has 0 radical (unpaired) electrons. The molecule has 0 spiro atoms. The van der Waals surface area contributed by atoms with E-state index in [4.69, 9.17) is 9.47 Å². The molecular formula is C16H26N2O2. The van der Waals surface area contributed by atoms with Gasteiger partial charge < -0.3 is 14.4 Å². The predicted octanol–water partition coefficient (Wildman–Crippen LogP) is 2.23. The molecule has 1 aliphatic rings. The van der Waals surface area contributed by atoms with E-state index in [0.717, 1.165) is 18.0 Å². The van der Waals surface area contributed by atoms with E-state index in [1.54, 1.807) is 14.2 Å². The predicted molar refractivity (Wildman–Crippen MR) is 81.5 cm³/mol. The van der Waals surface area contributed by atoms with Crippen molar-refractivity contribution in [2.45, 2.75) is 25.4 Å². The zero-order valence-corrected chi connectivity index (χ0v) is 13.1. The first kappa shape index (κ1) is 15.1. The van der Waals surface area contributed by atoms with E-state index in [1.165, 1.54) is 31.5 Å². The Morgan fingerprint density at radius 3 is 2.50 bits per heavy atom. The molecule has 1 aromatic carbocycles. The highest BCUT2D eigenvalue weighted by Gasteiger charge is 2.21. The summed E-state index contributed by atoms with van der Waals surface area (Å²) in [5.41, 5.74) is 1.19. The van der Waals surface area contributed by atoms with Crippen LogP contribution in [0.5, 0.6) is 11.5 Å². The highest BCUT2D eigenvalue weighted by Crippen LogP contribution is 2.26. The van der Waals surface area contributed by atoms with E-state index in [0.29, 0.717) is 6.04 Å². The van der Waals surface area contributed by atoms with Gasteiger partial charge in [-0.25, -0.2) is 0 Å². The van der Waals surface area contributed by atoms with Crippen molar-refractivity contribution in [3.8, 4) is 11.5 Å². The maximum atomic E-state index is 5.46. The van der Waals surface area contributed by atoms with Gasteiger partial charge in [-0.05, 0) is 58.2 Å². The quantitative estimate of drug-likeness (QED) is 0.824. The molecule has 20 heavy (non-hydrogen) atoms. The van der Waals surface area contributed by atoms with Crippen molar-refractivity contribution >= 4 is 0 Å². The molecule has 4 heteroatoms.